The van der Waals surface area contributed by atoms with E-state index in [1.165, 1.54) is 61.9 Å². The topological polar surface area (TPSA) is 132 Å². The van der Waals surface area contributed by atoms with Gasteiger partial charge in [0.05, 0.1) is 35.7 Å². The van der Waals surface area contributed by atoms with Gasteiger partial charge in [0.2, 0.25) is 10.0 Å². The molecule has 0 saturated carbocycles. The first kappa shape index (κ1) is 32.1. The molecule has 0 saturated heterocycles. The highest BCUT2D eigenvalue weighted by Gasteiger charge is 2.38. The van der Waals surface area contributed by atoms with Crippen LogP contribution in [-0.4, -0.2) is 74.1 Å². The van der Waals surface area contributed by atoms with E-state index in [4.69, 9.17) is 14.2 Å². The van der Waals surface area contributed by atoms with Gasteiger partial charge in [0.25, 0.3) is 15.9 Å². The van der Waals surface area contributed by atoms with Crippen LogP contribution < -0.4 is 23.8 Å². The monoisotopic (exact) mass is 631 g/mol. The SMILES string of the molecule is COc1ccc(S(=O)(=O)N2C[C@H](C(=O)NCCOc3ccc(S(=O)(=O)N(C)C)cc3)Oc3ccc(C(C)(C)C)cc32)cc1. The molecule has 0 spiro atoms. The third-order valence-electron chi connectivity index (χ3n) is 6.91. The van der Waals surface area contributed by atoms with E-state index in [-0.39, 0.29) is 40.7 Å². The predicted molar refractivity (Wildman–Crippen MR) is 163 cm³/mol. The Morgan fingerprint density at radius 1 is 0.953 bits per heavy atom. The average Bonchev–Trinajstić information content (AvgIpc) is 2.98. The number of rotatable bonds is 10. The van der Waals surface area contributed by atoms with Crippen molar-refractivity contribution in [2.75, 3.05) is 45.2 Å². The zero-order valence-corrected chi connectivity index (χ0v) is 26.7. The van der Waals surface area contributed by atoms with Crippen molar-refractivity contribution in [2.45, 2.75) is 42.1 Å². The van der Waals surface area contributed by atoms with Gasteiger partial charge < -0.3 is 19.5 Å². The number of methoxy groups -OCH3 is 1. The predicted octanol–water partition coefficient (Wildman–Crippen LogP) is 3.39. The van der Waals surface area contributed by atoms with Gasteiger partial charge in [0.15, 0.2) is 6.10 Å². The molecule has 3 aromatic carbocycles. The minimum atomic E-state index is -4.06. The van der Waals surface area contributed by atoms with Gasteiger partial charge in [-0.3, -0.25) is 9.10 Å². The maximum absolute atomic E-state index is 13.9. The molecule has 0 aromatic heterocycles. The number of nitrogens with zero attached hydrogens (tertiary/aromatic N) is 2. The summed E-state index contributed by atoms with van der Waals surface area (Å²) in [6.45, 7) is 6.05. The van der Waals surface area contributed by atoms with E-state index in [1.807, 2.05) is 26.8 Å². The first-order chi connectivity index (χ1) is 20.1. The normalized spacial score (nSPS) is 15.4. The molecule has 0 fully saturated rings. The molecule has 1 atom stereocenters. The van der Waals surface area contributed by atoms with E-state index in [0.717, 1.165) is 9.87 Å². The van der Waals surface area contributed by atoms with E-state index in [0.29, 0.717) is 17.2 Å². The van der Waals surface area contributed by atoms with Crippen LogP contribution in [0.15, 0.2) is 76.5 Å². The van der Waals surface area contributed by atoms with Crippen LogP contribution in [0.3, 0.4) is 0 Å². The number of fused-ring (bicyclic) bond motifs is 1. The van der Waals surface area contributed by atoms with Gasteiger partial charge in [-0.15, -0.1) is 0 Å². The highest BCUT2D eigenvalue weighted by molar-refractivity contribution is 7.92. The summed E-state index contributed by atoms with van der Waals surface area (Å²) in [5, 5.41) is 2.74. The van der Waals surface area contributed by atoms with Gasteiger partial charge in [-0.25, -0.2) is 21.1 Å². The van der Waals surface area contributed by atoms with Crippen molar-refractivity contribution in [1.29, 1.82) is 0 Å². The number of anilines is 1. The van der Waals surface area contributed by atoms with E-state index >= 15 is 0 Å². The van der Waals surface area contributed by atoms with Gasteiger partial charge >= 0.3 is 0 Å². The number of nitrogens with one attached hydrogen (secondary N) is 1. The summed E-state index contributed by atoms with van der Waals surface area (Å²) in [7, 11) is -3.21. The van der Waals surface area contributed by atoms with Crippen LogP contribution in [0.5, 0.6) is 17.2 Å². The van der Waals surface area contributed by atoms with Crippen LogP contribution in [0.25, 0.3) is 0 Å². The number of carbonyl (C=O) groups excluding carboxylic acids is 1. The van der Waals surface area contributed by atoms with Crippen LogP contribution in [0.1, 0.15) is 26.3 Å². The molecule has 1 aliphatic rings. The van der Waals surface area contributed by atoms with Crippen LogP contribution in [-0.2, 0) is 30.3 Å². The second kappa shape index (κ2) is 12.4. The Kier molecular flexibility index (Phi) is 9.28. The lowest BCUT2D eigenvalue weighted by Crippen LogP contribution is -2.51. The molecular weight excluding hydrogens is 594 g/mol. The molecule has 0 radical (unpaired) electrons. The Hall–Kier alpha value is -3.81. The number of amides is 1. The molecule has 4 rings (SSSR count). The highest BCUT2D eigenvalue weighted by atomic mass is 32.2. The Bertz CT molecular complexity index is 1670. The summed E-state index contributed by atoms with van der Waals surface area (Å²) in [5.74, 6) is 0.726. The number of carbonyl (C=O) groups is 1. The number of benzene rings is 3. The van der Waals surface area contributed by atoms with Crippen LogP contribution in [0.2, 0.25) is 0 Å². The maximum atomic E-state index is 13.9. The summed E-state index contributed by atoms with van der Waals surface area (Å²) in [6, 6.07) is 17.4. The maximum Gasteiger partial charge on any atom is 0.264 e. The van der Waals surface area contributed by atoms with Crippen molar-refractivity contribution in [3.8, 4) is 17.2 Å². The van der Waals surface area contributed by atoms with Gasteiger partial charge in [0.1, 0.15) is 23.9 Å². The minimum absolute atomic E-state index is 0.0549. The standard InChI is InChI=1S/C30H37N3O8S2/c1-30(2,3)21-7-16-27-26(19-21)33(43(37,38)25-12-8-22(39-6)9-13-25)20-28(41-27)29(34)31-17-18-40-23-10-14-24(15-11-23)42(35,36)32(4)5/h7-16,19,28H,17-18,20H2,1-6H3,(H,31,34)/t28-/m1/s1. The summed E-state index contributed by atoms with van der Waals surface area (Å²) < 4.78 is 71.3. The summed E-state index contributed by atoms with van der Waals surface area (Å²) in [6.07, 6.45) is -1.11. The van der Waals surface area contributed by atoms with Crippen molar-refractivity contribution in [3.63, 3.8) is 0 Å². The first-order valence-electron chi connectivity index (χ1n) is 13.6. The van der Waals surface area contributed by atoms with Gasteiger partial charge in [-0.1, -0.05) is 26.8 Å². The quantitative estimate of drug-likeness (QED) is 0.337. The third-order valence-corrected chi connectivity index (χ3v) is 10.5. The Morgan fingerprint density at radius 2 is 1.56 bits per heavy atom. The summed E-state index contributed by atoms with van der Waals surface area (Å²) in [5.41, 5.74) is 1.02. The number of hydrogen-bond donors (Lipinski definition) is 1. The van der Waals surface area contributed by atoms with Crippen LogP contribution in [0.4, 0.5) is 5.69 Å². The van der Waals surface area contributed by atoms with Crippen molar-refractivity contribution in [3.05, 3.63) is 72.3 Å². The molecule has 1 N–H and O–H groups in total. The van der Waals surface area contributed by atoms with Crippen molar-refractivity contribution < 1.29 is 35.8 Å². The fraction of sp³-hybridized carbons (Fsp3) is 0.367. The zero-order chi connectivity index (χ0) is 31.6. The molecule has 232 valence electrons. The fourth-order valence-corrected chi connectivity index (χ4v) is 6.70. The van der Waals surface area contributed by atoms with Crippen molar-refractivity contribution in [2.24, 2.45) is 0 Å². The number of sulfonamides is 2. The first-order valence-corrected chi connectivity index (χ1v) is 16.4. The second-order valence-corrected chi connectivity index (χ2v) is 15.2. The molecule has 11 nitrogen and oxygen atoms in total. The molecule has 3 aromatic rings. The summed E-state index contributed by atoms with van der Waals surface area (Å²) >= 11 is 0. The Balaban J connectivity index is 1.48. The van der Waals surface area contributed by atoms with E-state index in [9.17, 15) is 21.6 Å². The molecule has 43 heavy (non-hydrogen) atoms. The fourth-order valence-electron chi connectivity index (χ4n) is 4.33. The second-order valence-electron chi connectivity index (χ2n) is 11.1. The average molecular weight is 632 g/mol. The van der Waals surface area contributed by atoms with Gasteiger partial charge in [-0.05, 0) is 71.6 Å². The van der Waals surface area contributed by atoms with E-state index in [1.54, 1.807) is 24.3 Å². The van der Waals surface area contributed by atoms with E-state index < -0.39 is 32.1 Å². The molecular formula is C30H37N3O8S2. The lowest BCUT2D eigenvalue weighted by molar-refractivity contribution is -0.127. The highest BCUT2D eigenvalue weighted by Crippen LogP contribution is 2.40. The number of hydrogen-bond acceptors (Lipinski definition) is 8. The molecule has 1 aliphatic heterocycles. The van der Waals surface area contributed by atoms with Gasteiger partial charge in [0, 0.05) is 14.1 Å². The smallest absolute Gasteiger partial charge is 0.264 e. The minimum Gasteiger partial charge on any atom is -0.497 e. The van der Waals surface area contributed by atoms with E-state index in [2.05, 4.69) is 5.32 Å². The third kappa shape index (κ3) is 7.06. The Morgan fingerprint density at radius 3 is 2.14 bits per heavy atom. The summed E-state index contributed by atoms with van der Waals surface area (Å²) in [4.78, 5) is 13.3. The van der Waals surface area contributed by atoms with Gasteiger partial charge in [-0.2, -0.15) is 0 Å². The van der Waals surface area contributed by atoms with Crippen molar-refractivity contribution >= 4 is 31.6 Å². The zero-order valence-electron chi connectivity index (χ0n) is 25.0. The molecule has 13 heteroatoms. The lowest BCUT2D eigenvalue weighted by atomic mass is 9.86. The van der Waals surface area contributed by atoms with Crippen LogP contribution in [0, 0.1) is 0 Å². The number of ether oxygens (including phenoxy) is 3. The molecule has 0 aliphatic carbocycles. The van der Waals surface area contributed by atoms with Crippen LogP contribution >= 0.6 is 0 Å². The molecule has 0 bridgehead atoms. The van der Waals surface area contributed by atoms with Crippen molar-refractivity contribution in [1.82, 2.24) is 9.62 Å². The molecule has 0 unspecified atom stereocenters. The largest absolute Gasteiger partial charge is 0.497 e. The molecule has 1 amide bonds. The molecule has 1 heterocycles. The Labute approximate surface area is 253 Å². The lowest BCUT2D eigenvalue weighted by Gasteiger charge is -2.36.